The predicted octanol–water partition coefficient (Wildman–Crippen LogP) is 1.93. The average Bonchev–Trinajstić information content (AvgIpc) is 3.03. The quantitative estimate of drug-likeness (QED) is 0.721. The molecule has 0 spiro atoms. The van der Waals surface area contributed by atoms with E-state index in [0.717, 1.165) is 11.3 Å². The highest BCUT2D eigenvalue weighted by Gasteiger charge is 2.24. The van der Waals surface area contributed by atoms with E-state index in [4.69, 9.17) is 4.74 Å². The molecule has 1 unspecified atom stereocenters. The van der Waals surface area contributed by atoms with Gasteiger partial charge in [0.1, 0.15) is 5.75 Å². The second-order valence-corrected chi connectivity index (χ2v) is 7.72. The van der Waals surface area contributed by atoms with Gasteiger partial charge in [-0.1, -0.05) is 36.5 Å². The Morgan fingerprint density at radius 3 is 2.71 bits per heavy atom. The fraction of sp³-hybridized carbons (Fsp3) is 0.357. The predicted molar refractivity (Wildman–Crippen MR) is 90.6 cm³/mol. The summed E-state index contributed by atoms with van der Waals surface area (Å²) in [6.07, 6.45) is 0.269. The topological polar surface area (TPSA) is 110 Å². The van der Waals surface area contributed by atoms with E-state index in [0.29, 0.717) is 11.3 Å². The van der Waals surface area contributed by atoms with Gasteiger partial charge in [-0.15, -0.1) is 10.2 Å². The molecule has 0 saturated heterocycles. The number of rotatable bonds is 7. The van der Waals surface area contributed by atoms with Crippen LogP contribution in [0.15, 0.2) is 28.6 Å². The molecule has 0 aliphatic carbocycles. The molecule has 0 fully saturated rings. The van der Waals surface area contributed by atoms with Crippen molar-refractivity contribution >= 4 is 32.4 Å². The number of methoxy groups -OCH3 is 1. The van der Waals surface area contributed by atoms with Gasteiger partial charge in [-0.05, 0) is 13.0 Å². The third kappa shape index (κ3) is 4.28. The normalized spacial score (nSPS) is 12.6. The Balaban J connectivity index is 2.17. The van der Waals surface area contributed by atoms with E-state index in [1.165, 1.54) is 7.11 Å². The number of amides is 1. The second kappa shape index (κ2) is 7.69. The number of hydrogen-bond acceptors (Lipinski definition) is 7. The summed E-state index contributed by atoms with van der Waals surface area (Å²) in [6.45, 7) is 3.39. The van der Waals surface area contributed by atoms with Crippen LogP contribution in [0, 0.1) is 0 Å². The Kier molecular flexibility index (Phi) is 5.86. The summed E-state index contributed by atoms with van der Waals surface area (Å²) >= 11 is 0.795. The molecule has 2 rings (SSSR count). The zero-order valence-corrected chi connectivity index (χ0v) is 15.1. The van der Waals surface area contributed by atoms with Crippen LogP contribution in [0.3, 0.4) is 0 Å². The van der Waals surface area contributed by atoms with Crippen LogP contribution in [-0.2, 0) is 14.8 Å². The standard InChI is InChI=1S/C14H18N4O4S2/c1-4-12(19)15-13-16-17-14(23-13)24(20,21)18-9(2)10-7-5-6-8-11(10)22-3/h5-9,18H,4H2,1-3H3,(H,15,16,19). The number of carbonyl (C=O) groups excluding carboxylic acids is 1. The summed E-state index contributed by atoms with van der Waals surface area (Å²) in [5.74, 6) is 0.325. The molecule has 10 heteroatoms. The van der Waals surface area contributed by atoms with Gasteiger partial charge in [-0.25, -0.2) is 13.1 Å². The lowest BCUT2D eigenvalue weighted by Gasteiger charge is -2.16. The maximum Gasteiger partial charge on any atom is 0.270 e. The van der Waals surface area contributed by atoms with Gasteiger partial charge < -0.3 is 10.1 Å². The molecule has 1 amide bonds. The van der Waals surface area contributed by atoms with Crippen molar-refractivity contribution in [2.45, 2.75) is 30.6 Å². The summed E-state index contributed by atoms with van der Waals surface area (Å²) in [7, 11) is -2.34. The Labute approximate surface area is 144 Å². The van der Waals surface area contributed by atoms with Gasteiger partial charge in [-0.2, -0.15) is 0 Å². The molecule has 1 heterocycles. The van der Waals surface area contributed by atoms with E-state index in [1.54, 1.807) is 38.1 Å². The van der Waals surface area contributed by atoms with Crippen molar-refractivity contribution in [2.75, 3.05) is 12.4 Å². The smallest absolute Gasteiger partial charge is 0.270 e. The summed E-state index contributed by atoms with van der Waals surface area (Å²) < 4.78 is 32.4. The molecule has 0 aliphatic heterocycles. The minimum absolute atomic E-state index is 0.146. The van der Waals surface area contributed by atoms with Gasteiger partial charge in [0.2, 0.25) is 15.4 Å². The highest BCUT2D eigenvalue weighted by molar-refractivity contribution is 7.91. The van der Waals surface area contributed by atoms with Crippen molar-refractivity contribution in [1.82, 2.24) is 14.9 Å². The Bertz CT molecular complexity index is 820. The maximum absolute atomic E-state index is 12.4. The molecule has 2 aromatic rings. The van der Waals surface area contributed by atoms with Crippen molar-refractivity contribution in [3.05, 3.63) is 29.8 Å². The fourth-order valence-electron chi connectivity index (χ4n) is 1.95. The van der Waals surface area contributed by atoms with Gasteiger partial charge >= 0.3 is 0 Å². The molecule has 0 bridgehead atoms. The summed E-state index contributed by atoms with van der Waals surface area (Å²) in [4.78, 5) is 11.3. The van der Waals surface area contributed by atoms with Crippen molar-refractivity contribution in [2.24, 2.45) is 0 Å². The van der Waals surface area contributed by atoms with Crippen molar-refractivity contribution in [1.29, 1.82) is 0 Å². The third-order valence-electron chi connectivity index (χ3n) is 3.14. The van der Waals surface area contributed by atoms with E-state index in [1.807, 2.05) is 0 Å². The van der Waals surface area contributed by atoms with Gasteiger partial charge in [0.15, 0.2) is 0 Å². The molecular formula is C14H18N4O4S2. The molecular weight excluding hydrogens is 352 g/mol. The van der Waals surface area contributed by atoms with Gasteiger partial charge in [0, 0.05) is 18.0 Å². The molecule has 0 aliphatic rings. The van der Waals surface area contributed by atoms with Crippen LogP contribution >= 0.6 is 11.3 Å². The number of nitrogens with zero attached hydrogens (tertiary/aromatic N) is 2. The fourth-order valence-corrected chi connectivity index (χ4v) is 4.10. The lowest BCUT2D eigenvalue weighted by molar-refractivity contribution is -0.115. The van der Waals surface area contributed by atoms with Crippen molar-refractivity contribution in [3.8, 4) is 5.75 Å². The third-order valence-corrected chi connectivity index (χ3v) is 5.89. The first-order valence-electron chi connectivity index (χ1n) is 7.16. The molecule has 24 heavy (non-hydrogen) atoms. The molecule has 1 atom stereocenters. The first kappa shape index (κ1) is 18.3. The Morgan fingerprint density at radius 2 is 2.04 bits per heavy atom. The number of sulfonamides is 1. The number of hydrogen-bond donors (Lipinski definition) is 2. The molecule has 0 saturated carbocycles. The number of carbonyl (C=O) groups is 1. The maximum atomic E-state index is 12.4. The molecule has 1 aromatic heterocycles. The van der Waals surface area contributed by atoms with Crippen LogP contribution in [0.5, 0.6) is 5.75 Å². The van der Waals surface area contributed by atoms with Crippen LogP contribution in [0.4, 0.5) is 5.13 Å². The van der Waals surface area contributed by atoms with Crippen LogP contribution in [-0.4, -0.2) is 31.6 Å². The lowest BCUT2D eigenvalue weighted by Crippen LogP contribution is -2.27. The number of nitrogens with one attached hydrogen (secondary N) is 2. The minimum Gasteiger partial charge on any atom is -0.496 e. The lowest BCUT2D eigenvalue weighted by atomic mass is 10.1. The SMILES string of the molecule is CCC(=O)Nc1nnc(S(=O)(=O)NC(C)c2ccccc2OC)s1. The molecule has 0 radical (unpaired) electrons. The summed E-state index contributed by atoms with van der Waals surface area (Å²) in [6, 6.07) is 6.61. The summed E-state index contributed by atoms with van der Waals surface area (Å²) in [5.41, 5.74) is 0.701. The van der Waals surface area contributed by atoms with Gasteiger partial charge in [0.25, 0.3) is 10.0 Å². The molecule has 130 valence electrons. The highest BCUT2D eigenvalue weighted by Crippen LogP contribution is 2.27. The van der Waals surface area contributed by atoms with Crippen LogP contribution in [0.1, 0.15) is 31.9 Å². The average molecular weight is 370 g/mol. The zero-order valence-electron chi connectivity index (χ0n) is 13.4. The van der Waals surface area contributed by atoms with Gasteiger partial charge in [-0.3, -0.25) is 4.79 Å². The van der Waals surface area contributed by atoms with E-state index >= 15 is 0 Å². The van der Waals surface area contributed by atoms with Gasteiger partial charge in [0.05, 0.1) is 7.11 Å². The molecule has 2 N–H and O–H groups in total. The van der Waals surface area contributed by atoms with E-state index in [-0.39, 0.29) is 21.8 Å². The van der Waals surface area contributed by atoms with Crippen LogP contribution in [0.25, 0.3) is 0 Å². The minimum atomic E-state index is -3.87. The number of benzene rings is 1. The first-order valence-corrected chi connectivity index (χ1v) is 9.46. The molecule has 1 aromatic carbocycles. The zero-order chi connectivity index (χ0) is 17.7. The highest BCUT2D eigenvalue weighted by atomic mass is 32.2. The summed E-state index contributed by atoms with van der Waals surface area (Å²) in [5, 5.41) is 9.94. The first-order chi connectivity index (χ1) is 11.4. The largest absolute Gasteiger partial charge is 0.496 e. The van der Waals surface area contributed by atoms with E-state index in [2.05, 4.69) is 20.2 Å². The Morgan fingerprint density at radius 1 is 1.33 bits per heavy atom. The van der Waals surface area contributed by atoms with Crippen LogP contribution in [0.2, 0.25) is 0 Å². The number of anilines is 1. The van der Waals surface area contributed by atoms with Crippen LogP contribution < -0.4 is 14.8 Å². The monoisotopic (exact) mass is 370 g/mol. The number of para-hydroxylation sites is 1. The number of aromatic nitrogens is 2. The van der Waals surface area contributed by atoms with E-state index in [9.17, 15) is 13.2 Å². The second-order valence-electron chi connectivity index (χ2n) is 4.86. The Hall–Kier alpha value is -2.04. The molecule has 8 nitrogen and oxygen atoms in total. The van der Waals surface area contributed by atoms with E-state index < -0.39 is 16.1 Å². The number of ether oxygens (including phenoxy) is 1. The van der Waals surface area contributed by atoms with Crippen molar-refractivity contribution < 1.29 is 17.9 Å². The van der Waals surface area contributed by atoms with Crippen molar-refractivity contribution in [3.63, 3.8) is 0 Å².